The SMILES string of the molecule is Cc1cc(C)c(C)c(OCC(=O)N(Cc2ccccc2F)[C@@H](C)C(=O)NCC(C)C)c1. The van der Waals surface area contributed by atoms with E-state index in [2.05, 4.69) is 11.4 Å². The van der Waals surface area contributed by atoms with Crippen LogP contribution in [0.2, 0.25) is 0 Å². The maximum atomic E-state index is 14.3. The zero-order chi connectivity index (χ0) is 23.1. The van der Waals surface area contributed by atoms with Crippen LogP contribution in [0.5, 0.6) is 5.75 Å². The van der Waals surface area contributed by atoms with Crippen LogP contribution in [0.3, 0.4) is 0 Å². The molecule has 2 amide bonds. The van der Waals surface area contributed by atoms with Gasteiger partial charge >= 0.3 is 0 Å². The van der Waals surface area contributed by atoms with Crippen molar-refractivity contribution in [2.45, 2.75) is 54.1 Å². The second-order valence-corrected chi connectivity index (χ2v) is 8.42. The summed E-state index contributed by atoms with van der Waals surface area (Å²) in [7, 11) is 0. The van der Waals surface area contributed by atoms with Crippen LogP contribution in [0.15, 0.2) is 36.4 Å². The first kappa shape index (κ1) is 24.4. The fourth-order valence-electron chi connectivity index (χ4n) is 3.22. The average molecular weight is 429 g/mol. The van der Waals surface area contributed by atoms with Gasteiger partial charge in [-0.3, -0.25) is 9.59 Å². The third-order valence-corrected chi connectivity index (χ3v) is 5.27. The zero-order valence-corrected chi connectivity index (χ0v) is 19.3. The van der Waals surface area contributed by atoms with Crippen LogP contribution in [0.4, 0.5) is 4.39 Å². The average Bonchev–Trinajstić information content (AvgIpc) is 2.72. The molecular formula is C25H33FN2O3. The van der Waals surface area contributed by atoms with Crippen molar-refractivity contribution in [1.29, 1.82) is 0 Å². The highest BCUT2D eigenvalue weighted by Gasteiger charge is 2.27. The Kier molecular flexibility index (Phi) is 8.60. The van der Waals surface area contributed by atoms with Gasteiger partial charge in [0.05, 0.1) is 0 Å². The summed E-state index contributed by atoms with van der Waals surface area (Å²) in [4.78, 5) is 27.1. The van der Waals surface area contributed by atoms with Crippen LogP contribution in [0, 0.1) is 32.5 Å². The number of benzene rings is 2. The molecule has 2 aromatic rings. The maximum Gasteiger partial charge on any atom is 0.261 e. The summed E-state index contributed by atoms with van der Waals surface area (Å²) < 4.78 is 20.1. The Balaban J connectivity index is 2.21. The Labute approximate surface area is 184 Å². The van der Waals surface area contributed by atoms with Gasteiger partial charge in [0.15, 0.2) is 6.61 Å². The predicted octanol–water partition coefficient (Wildman–Crippen LogP) is 4.32. The lowest BCUT2D eigenvalue weighted by Gasteiger charge is -2.29. The second-order valence-electron chi connectivity index (χ2n) is 8.42. The lowest BCUT2D eigenvalue weighted by molar-refractivity contribution is -0.142. The molecule has 0 aromatic heterocycles. The molecular weight excluding hydrogens is 395 g/mol. The van der Waals surface area contributed by atoms with Gasteiger partial charge in [0, 0.05) is 18.7 Å². The molecule has 168 valence electrons. The van der Waals surface area contributed by atoms with Crippen molar-refractivity contribution < 1.29 is 18.7 Å². The summed E-state index contributed by atoms with van der Waals surface area (Å²) in [5, 5.41) is 2.85. The monoisotopic (exact) mass is 428 g/mol. The fraction of sp³-hybridized carbons (Fsp3) is 0.440. The Morgan fingerprint density at radius 3 is 2.42 bits per heavy atom. The Hall–Kier alpha value is -2.89. The summed E-state index contributed by atoms with van der Waals surface area (Å²) in [6.07, 6.45) is 0. The van der Waals surface area contributed by atoms with Crippen molar-refractivity contribution in [3.8, 4) is 5.75 Å². The summed E-state index contributed by atoms with van der Waals surface area (Å²) in [6.45, 7) is 11.8. The van der Waals surface area contributed by atoms with Crippen LogP contribution in [0.1, 0.15) is 43.0 Å². The van der Waals surface area contributed by atoms with Crippen molar-refractivity contribution >= 4 is 11.8 Å². The largest absolute Gasteiger partial charge is 0.483 e. The Morgan fingerprint density at radius 1 is 1.10 bits per heavy atom. The minimum Gasteiger partial charge on any atom is -0.483 e. The van der Waals surface area contributed by atoms with Gasteiger partial charge in [0.1, 0.15) is 17.6 Å². The molecule has 0 aliphatic rings. The maximum absolute atomic E-state index is 14.3. The number of carbonyl (C=O) groups is 2. The first-order valence-corrected chi connectivity index (χ1v) is 10.6. The number of halogens is 1. The molecule has 0 spiro atoms. The molecule has 0 fully saturated rings. The van der Waals surface area contributed by atoms with E-state index in [1.54, 1.807) is 25.1 Å². The molecule has 0 aliphatic heterocycles. The molecule has 2 aromatic carbocycles. The van der Waals surface area contributed by atoms with Gasteiger partial charge in [-0.2, -0.15) is 0 Å². The molecule has 5 nitrogen and oxygen atoms in total. The number of amides is 2. The number of ether oxygens (including phenoxy) is 1. The second kappa shape index (κ2) is 10.9. The van der Waals surface area contributed by atoms with Crippen LogP contribution >= 0.6 is 0 Å². The van der Waals surface area contributed by atoms with E-state index in [4.69, 9.17) is 4.74 Å². The van der Waals surface area contributed by atoms with Gasteiger partial charge in [-0.1, -0.05) is 38.1 Å². The standard InChI is InChI=1S/C25H33FN2O3/c1-16(2)13-27-25(30)20(6)28(14-21-9-7-8-10-22(21)26)24(29)15-31-23-12-17(3)11-18(4)19(23)5/h7-12,16,20H,13-15H2,1-6H3,(H,27,30)/t20-/m0/s1. The summed E-state index contributed by atoms with van der Waals surface area (Å²) in [6, 6.07) is 9.43. The van der Waals surface area contributed by atoms with Crippen molar-refractivity contribution in [2.75, 3.05) is 13.2 Å². The van der Waals surface area contributed by atoms with Gasteiger partial charge < -0.3 is 15.0 Å². The summed E-state index contributed by atoms with van der Waals surface area (Å²) in [5.41, 5.74) is 3.42. The third kappa shape index (κ3) is 6.81. The lowest BCUT2D eigenvalue weighted by atomic mass is 10.1. The molecule has 0 aliphatic carbocycles. The molecule has 0 saturated heterocycles. The first-order valence-electron chi connectivity index (χ1n) is 10.6. The van der Waals surface area contributed by atoms with E-state index in [0.717, 1.165) is 16.7 Å². The van der Waals surface area contributed by atoms with Crippen molar-refractivity contribution in [3.63, 3.8) is 0 Å². The Bertz CT molecular complexity index is 927. The summed E-state index contributed by atoms with van der Waals surface area (Å²) in [5.74, 6) is -0.160. The van der Waals surface area contributed by atoms with Crippen molar-refractivity contribution in [3.05, 3.63) is 64.5 Å². The molecule has 31 heavy (non-hydrogen) atoms. The highest BCUT2D eigenvalue weighted by molar-refractivity contribution is 5.88. The number of rotatable bonds is 9. The molecule has 0 bridgehead atoms. The molecule has 0 saturated carbocycles. The van der Waals surface area contributed by atoms with Crippen LogP contribution < -0.4 is 10.1 Å². The first-order chi connectivity index (χ1) is 14.6. The van der Waals surface area contributed by atoms with Crippen molar-refractivity contribution in [1.82, 2.24) is 10.2 Å². The van der Waals surface area contributed by atoms with E-state index >= 15 is 0 Å². The van der Waals surface area contributed by atoms with E-state index in [1.807, 2.05) is 40.7 Å². The van der Waals surface area contributed by atoms with Crippen LogP contribution in [0.25, 0.3) is 0 Å². The minimum atomic E-state index is -0.769. The van der Waals surface area contributed by atoms with Gasteiger partial charge in [-0.25, -0.2) is 4.39 Å². The van der Waals surface area contributed by atoms with Crippen molar-refractivity contribution in [2.24, 2.45) is 5.92 Å². The van der Waals surface area contributed by atoms with Crippen LogP contribution in [-0.2, 0) is 16.1 Å². The molecule has 0 heterocycles. The number of hydrogen-bond acceptors (Lipinski definition) is 3. The number of carbonyl (C=O) groups excluding carboxylic acids is 2. The fourth-order valence-corrected chi connectivity index (χ4v) is 3.22. The molecule has 0 unspecified atom stereocenters. The predicted molar refractivity (Wildman–Crippen MR) is 120 cm³/mol. The highest BCUT2D eigenvalue weighted by atomic mass is 19.1. The lowest BCUT2D eigenvalue weighted by Crippen LogP contribution is -2.49. The topological polar surface area (TPSA) is 58.6 Å². The van der Waals surface area contributed by atoms with Crippen LogP contribution in [-0.4, -0.2) is 35.9 Å². The van der Waals surface area contributed by atoms with E-state index in [-0.39, 0.29) is 30.9 Å². The van der Waals surface area contributed by atoms with Gasteiger partial charge in [-0.05, 0) is 62.4 Å². The number of hydrogen-bond donors (Lipinski definition) is 1. The molecule has 0 radical (unpaired) electrons. The summed E-state index contributed by atoms with van der Waals surface area (Å²) >= 11 is 0. The van der Waals surface area contributed by atoms with E-state index in [9.17, 15) is 14.0 Å². The van der Waals surface area contributed by atoms with E-state index in [0.29, 0.717) is 17.9 Å². The smallest absolute Gasteiger partial charge is 0.261 e. The van der Waals surface area contributed by atoms with Gasteiger partial charge in [0.25, 0.3) is 5.91 Å². The Morgan fingerprint density at radius 2 is 1.77 bits per heavy atom. The van der Waals surface area contributed by atoms with E-state index < -0.39 is 11.9 Å². The third-order valence-electron chi connectivity index (χ3n) is 5.27. The van der Waals surface area contributed by atoms with Gasteiger partial charge in [-0.15, -0.1) is 0 Å². The normalized spacial score (nSPS) is 11.9. The number of nitrogens with one attached hydrogen (secondary N) is 1. The molecule has 2 rings (SSSR count). The van der Waals surface area contributed by atoms with E-state index in [1.165, 1.54) is 11.0 Å². The minimum absolute atomic E-state index is 0.0169. The molecule has 1 N–H and O–H groups in total. The number of aryl methyl sites for hydroxylation is 2. The number of nitrogens with zero attached hydrogens (tertiary/aromatic N) is 1. The quantitative estimate of drug-likeness (QED) is 0.647. The van der Waals surface area contributed by atoms with Gasteiger partial charge in [0.2, 0.25) is 5.91 Å². The molecule has 6 heteroatoms. The molecule has 1 atom stereocenters. The highest BCUT2D eigenvalue weighted by Crippen LogP contribution is 2.23. The zero-order valence-electron chi connectivity index (χ0n) is 19.3.